The molecule has 11 heteroatoms. The van der Waals surface area contributed by atoms with Gasteiger partial charge in [0.15, 0.2) is 0 Å². The van der Waals surface area contributed by atoms with E-state index in [4.69, 9.17) is 21.6 Å². The number of benzene rings is 1. The van der Waals surface area contributed by atoms with Crippen molar-refractivity contribution in [2.45, 2.75) is 18.5 Å². The van der Waals surface area contributed by atoms with Gasteiger partial charge in [-0.25, -0.2) is 0 Å². The molecule has 1 aliphatic rings. The molecule has 24 heavy (non-hydrogen) atoms. The lowest BCUT2D eigenvalue weighted by Crippen LogP contribution is -2.42. The molecule has 1 aromatic carbocycles. The summed E-state index contributed by atoms with van der Waals surface area (Å²) < 4.78 is 70.9. The van der Waals surface area contributed by atoms with E-state index in [9.17, 15) is 21.6 Å². The third-order valence-corrected chi connectivity index (χ3v) is 4.03. The van der Waals surface area contributed by atoms with Crippen LogP contribution in [0.25, 0.3) is 0 Å². The van der Waals surface area contributed by atoms with Crippen LogP contribution in [0.2, 0.25) is 5.02 Å². The van der Waals surface area contributed by atoms with Gasteiger partial charge in [-0.1, -0.05) is 11.6 Å². The average molecular weight is 385 g/mol. The molecular formula is C13H12ClF3N2O4S. The van der Waals surface area contributed by atoms with E-state index in [1.807, 2.05) is 6.07 Å². The van der Waals surface area contributed by atoms with Crippen molar-refractivity contribution in [2.24, 2.45) is 0 Å². The molecule has 1 aliphatic heterocycles. The Morgan fingerprint density at radius 3 is 2.67 bits per heavy atom. The molecule has 0 aliphatic carbocycles. The van der Waals surface area contributed by atoms with Crippen LogP contribution in [0.5, 0.6) is 0 Å². The van der Waals surface area contributed by atoms with Crippen molar-refractivity contribution < 1.29 is 30.5 Å². The summed E-state index contributed by atoms with van der Waals surface area (Å²) in [7, 11) is -3.80. The zero-order valence-corrected chi connectivity index (χ0v) is 13.8. The predicted molar refractivity (Wildman–Crippen MR) is 79.0 cm³/mol. The highest BCUT2D eigenvalue weighted by Gasteiger charge is 2.51. The fourth-order valence-electron chi connectivity index (χ4n) is 2.17. The molecular weight excluding hydrogens is 373 g/mol. The Hall–Kier alpha value is -1.54. The van der Waals surface area contributed by atoms with Crippen LogP contribution in [0.3, 0.4) is 0 Å². The molecule has 1 fully saturated rings. The second-order valence-electron chi connectivity index (χ2n) is 5.07. The molecule has 0 radical (unpaired) electrons. The summed E-state index contributed by atoms with van der Waals surface area (Å²) in [5.74, 6) is 0. The van der Waals surface area contributed by atoms with Crippen molar-refractivity contribution in [1.29, 1.82) is 5.26 Å². The second kappa shape index (κ2) is 6.76. The second-order valence-corrected chi connectivity index (χ2v) is 7.12. The summed E-state index contributed by atoms with van der Waals surface area (Å²) in [5, 5.41) is 8.82. The van der Waals surface area contributed by atoms with Gasteiger partial charge < -0.3 is 9.64 Å². The topological polar surface area (TPSA) is 79.6 Å². The van der Waals surface area contributed by atoms with Crippen LogP contribution in [-0.4, -0.2) is 46.3 Å². The van der Waals surface area contributed by atoms with Crippen molar-refractivity contribution in [3.8, 4) is 6.07 Å². The maximum Gasteiger partial charge on any atom is 0.433 e. The van der Waals surface area contributed by atoms with Gasteiger partial charge in [0.25, 0.3) is 10.1 Å². The van der Waals surface area contributed by atoms with Crippen LogP contribution in [-0.2, 0) is 19.0 Å². The molecule has 0 bridgehead atoms. The molecule has 0 N–H and O–H groups in total. The summed E-state index contributed by atoms with van der Waals surface area (Å²) in [5.41, 5.74) is 0.226. The SMILES string of the molecule is CS(=O)(=O)OC[C@@H]1CN(c2ccc(C#N)c(Cl)c2)[C@@H](C(F)(F)F)O1. The van der Waals surface area contributed by atoms with E-state index in [0.717, 1.165) is 11.2 Å². The van der Waals surface area contributed by atoms with Crippen molar-refractivity contribution in [3.63, 3.8) is 0 Å². The standard InChI is InChI=1S/C13H12ClF3N2O4S/c1-24(20,21)22-7-10-6-19(12(23-10)13(15,16)17)9-3-2-8(5-18)11(14)4-9/h2-4,10,12H,6-7H2,1H3/t10-,12+/m0/s1. The average Bonchev–Trinajstić information content (AvgIpc) is 2.88. The largest absolute Gasteiger partial charge is 0.433 e. The highest BCUT2D eigenvalue weighted by atomic mass is 35.5. The van der Waals surface area contributed by atoms with Crippen LogP contribution in [0.1, 0.15) is 5.56 Å². The lowest BCUT2D eigenvalue weighted by molar-refractivity contribution is -0.215. The molecule has 0 spiro atoms. The monoisotopic (exact) mass is 384 g/mol. The molecule has 0 unspecified atom stereocenters. The van der Waals surface area contributed by atoms with Gasteiger partial charge in [0.1, 0.15) is 12.2 Å². The van der Waals surface area contributed by atoms with Crippen molar-refractivity contribution in [1.82, 2.24) is 0 Å². The summed E-state index contributed by atoms with van der Waals surface area (Å²) in [4.78, 5) is 0.892. The van der Waals surface area contributed by atoms with Crippen LogP contribution in [0.15, 0.2) is 18.2 Å². The Labute approximate surface area is 141 Å². The van der Waals surface area contributed by atoms with Crippen LogP contribution < -0.4 is 4.90 Å². The van der Waals surface area contributed by atoms with Crippen molar-refractivity contribution in [2.75, 3.05) is 24.3 Å². The molecule has 2 atom stereocenters. The highest BCUT2D eigenvalue weighted by Crippen LogP contribution is 2.36. The van der Waals surface area contributed by atoms with Gasteiger partial charge in [0.05, 0.1) is 23.4 Å². The number of ether oxygens (including phenoxy) is 1. The summed E-state index contributed by atoms with van der Waals surface area (Å²) in [6.45, 7) is -0.784. The van der Waals surface area contributed by atoms with Gasteiger partial charge >= 0.3 is 6.18 Å². The van der Waals surface area contributed by atoms with Crippen molar-refractivity contribution >= 4 is 27.4 Å². The fourth-order valence-corrected chi connectivity index (χ4v) is 2.79. The molecule has 6 nitrogen and oxygen atoms in total. The van der Waals surface area contributed by atoms with E-state index in [2.05, 4.69) is 4.18 Å². The lowest BCUT2D eigenvalue weighted by Gasteiger charge is -2.26. The van der Waals surface area contributed by atoms with Crippen LogP contribution >= 0.6 is 11.6 Å². The Morgan fingerprint density at radius 1 is 1.50 bits per heavy atom. The van der Waals surface area contributed by atoms with Gasteiger partial charge in [0.2, 0.25) is 6.23 Å². The number of hydrogen-bond donors (Lipinski definition) is 0. The summed E-state index contributed by atoms with van der Waals surface area (Å²) in [6.07, 6.45) is -7.28. The van der Waals surface area contributed by atoms with E-state index < -0.39 is 35.2 Å². The zero-order valence-electron chi connectivity index (χ0n) is 12.2. The zero-order chi connectivity index (χ0) is 18.1. The minimum Gasteiger partial charge on any atom is -0.342 e. The lowest BCUT2D eigenvalue weighted by atomic mass is 10.2. The Morgan fingerprint density at radius 2 is 2.17 bits per heavy atom. The normalized spacial score (nSPS) is 21.8. The van der Waals surface area contributed by atoms with E-state index in [-0.39, 0.29) is 22.8 Å². The molecule has 1 heterocycles. The smallest absolute Gasteiger partial charge is 0.342 e. The number of rotatable bonds is 4. The molecule has 1 aromatic rings. The van der Waals surface area contributed by atoms with Gasteiger partial charge in [-0.3, -0.25) is 4.18 Å². The molecule has 2 rings (SSSR count). The molecule has 1 saturated heterocycles. The number of halogens is 4. The summed E-state index contributed by atoms with van der Waals surface area (Å²) >= 11 is 5.85. The summed E-state index contributed by atoms with van der Waals surface area (Å²) in [6, 6.07) is 5.64. The third kappa shape index (κ3) is 4.51. The Balaban J connectivity index is 2.25. The van der Waals surface area contributed by atoms with E-state index >= 15 is 0 Å². The van der Waals surface area contributed by atoms with Gasteiger partial charge in [-0.05, 0) is 18.2 Å². The number of nitriles is 1. The minimum atomic E-state index is -4.71. The van der Waals surface area contributed by atoms with E-state index in [1.165, 1.54) is 18.2 Å². The van der Waals surface area contributed by atoms with E-state index in [0.29, 0.717) is 0 Å². The highest BCUT2D eigenvalue weighted by molar-refractivity contribution is 7.85. The maximum absolute atomic E-state index is 13.2. The molecule has 132 valence electrons. The number of nitrogens with zero attached hydrogens (tertiary/aromatic N) is 2. The first-order valence-electron chi connectivity index (χ1n) is 6.54. The van der Waals surface area contributed by atoms with Crippen LogP contribution in [0.4, 0.5) is 18.9 Å². The predicted octanol–water partition coefficient (Wildman–Crippen LogP) is 2.28. The first-order valence-corrected chi connectivity index (χ1v) is 8.73. The maximum atomic E-state index is 13.2. The fraction of sp³-hybridized carbons (Fsp3) is 0.462. The Kier molecular flexibility index (Phi) is 5.29. The third-order valence-electron chi connectivity index (χ3n) is 3.16. The molecule has 0 aromatic heterocycles. The molecule has 0 saturated carbocycles. The van der Waals surface area contributed by atoms with Gasteiger partial charge in [-0.15, -0.1) is 0 Å². The van der Waals surface area contributed by atoms with Gasteiger partial charge in [-0.2, -0.15) is 26.9 Å². The first kappa shape index (κ1) is 18.8. The Bertz CT molecular complexity index is 763. The minimum absolute atomic E-state index is 0.00626. The van der Waals surface area contributed by atoms with Crippen molar-refractivity contribution in [3.05, 3.63) is 28.8 Å². The first-order chi connectivity index (χ1) is 11.0. The quantitative estimate of drug-likeness (QED) is 0.741. The van der Waals surface area contributed by atoms with E-state index in [1.54, 1.807) is 0 Å². The van der Waals surface area contributed by atoms with Gasteiger partial charge in [0, 0.05) is 12.2 Å². The number of hydrogen-bond acceptors (Lipinski definition) is 6. The number of alkyl halides is 3. The molecule has 0 amide bonds. The number of anilines is 1. The van der Waals surface area contributed by atoms with Crippen LogP contribution in [0, 0.1) is 11.3 Å².